The van der Waals surface area contributed by atoms with Crippen molar-refractivity contribution in [2.45, 2.75) is 64.2 Å². The third-order valence-electron chi connectivity index (χ3n) is 2.76. The third-order valence-corrected chi connectivity index (χ3v) is 2.76. The lowest BCUT2D eigenvalue weighted by atomic mass is 10.0. The fourth-order valence-electron chi connectivity index (χ4n) is 1.96. The lowest BCUT2D eigenvalue weighted by Crippen LogP contribution is -2.43. The minimum atomic E-state index is -0.522. The Hall–Kier alpha value is -0.810. The molecule has 5 nitrogen and oxygen atoms in total. The lowest BCUT2D eigenvalue weighted by Gasteiger charge is -2.27. The van der Waals surface area contributed by atoms with Crippen molar-refractivity contribution in [1.29, 1.82) is 0 Å². The summed E-state index contributed by atoms with van der Waals surface area (Å²) in [5.41, 5.74) is -0.522. The van der Waals surface area contributed by atoms with Crippen molar-refractivity contribution in [1.82, 2.24) is 5.32 Å². The van der Waals surface area contributed by atoms with E-state index in [0.29, 0.717) is 6.42 Å². The Balaban J connectivity index is 2.34. The molecule has 1 amide bonds. The first kappa shape index (κ1) is 15.2. The van der Waals surface area contributed by atoms with Crippen molar-refractivity contribution < 1.29 is 19.4 Å². The molecule has 2 unspecified atom stereocenters. The van der Waals surface area contributed by atoms with Crippen LogP contribution in [0.2, 0.25) is 0 Å². The number of aliphatic hydroxyl groups excluding tert-OH is 1. The van der Waals surface area contributed by atoms with Gasteiger partial charge in [0.25, 0.3) is 0 Å². The quantitative estimate of drug-likeness (QED) is 0.808. The first-order valence-electron chi connectivity index (χ1n) is 6.62. The summed E-state index contributed by atoms with van der Waals surface area (Å²) in [6.07, 6.45) is 3.51. The van der Waals surface area contributed by atoms with Gasteiger partial charge in [-0.25, -0.2) is 4.79 Å². The topological polar surface area (TPSA) is 67.8 Å². The van der Waals surface area contributed by atoms with Crippen molar-refractivity contribution in [3.63, 3.8) is 0 Å². The van der Waals surface area contributed by atoms with Crippen molar-refractivity contribution in [2.24, 2.45) is 0 Å². The molecule has 0 aromatic carbocycles. The number of ether oxygens (including phenoxy) is 2. The van der Waals surface area contributed by atoms with Gasteiger partial charge in [-0.05, 0) is 46.5 Å². The van der Waals surface area contributed by atoms with Crippen LogP contribution in [-0.2, 0) is 9.47 Å². The van der Waals surface area contributed by atoms with Crippen LogP contribution in [0.1, 0.15) is 46.5 Å². The van der Waals surface area contributed by atoms with Crippen LogP contribution in [0, 0.1) is 0 Å². The minimum absolute atomic E-state index is 0.0981. The second-order valence-corrected chi connectivity index (χ2v) is 5.75. The molecule has 1 aliphatic rings. The zero-order valence-corrected chi connectivity index (χ0v) is 11.6. The molecule has 1 heterocycles. The zero-order valence-electron chi connectivity index (χ0n) is 11.6. The predicted octanol–water partition coefficient (Wildman–Crippen LogP) is 1.83. The van der Waals surface area contributed by atoms with Crippen LogP contribution in [0.5, 0.6) is 0 Å². The van der Waals surface area contributed by atoms with E-state index in [9.17, 15) is 9.90 Å². The molecule has 0 aliphatic carbocycles. The van der Waals surface area contributed by atoms with E-state index in [2.05, 4.69) is 5.32 Å². The van der Waals surface area contributed by atoms with Crippen LogP contribution < -0.4 is 5.32 Å². The molecule has 0 aromatic heterocycles. The number of nitrogens with one attached hydrogen (secondary N) is 1. The average Bonchev–Trinajstić information content (AvgIpc) is 2.27. The number of carbonyl (C=O) groups is 1. The Morgan fingerprint density at radius 3 is 2.72 bits per heavy atom. The second kappa shape index (κ2) is 6.95. The fourth-order valence-corrected chi connectivity index (χ4v) is 1.96. The number of carbonyl (C=O) groups excluding carboxylic acids is 1. The van der Waals surface area contributed by atoms with Crippen LogP contribution in [0.3, 0.4) is 0 Å². The Morgan fingerprint density at radius 1 is 1.50 bits per heavy atom. The van der Waals surface area contributed by atoms with Gasteiger partial charge in [0.1, 0.15) is 5.60 Å². The largest absolute Gasteiger partial charge is 0.444 e. The molecular formula is C13H25NO4. The van der Waals surface area contributed by atoms with E-state index in [-0.39, 0.29) is 18.8 Å². The van der Waals surface area contributed by atoms with E-state index < -0.39 is 11.7 Å². The molecule has 106 valence electrons. The Kier molecular flexibility index (Phi) is 5.88. The van der Waals surface area contributed by atoms with Crippen LogP contribution >= 0.6 is 0 Å². The summed E-state index contributed by atoms with van der Waals surface area (Å²) in [4.78, 5) is 11.6. The molecule has 0 radical (unpaired) electrons. The first-order chi connectivity index (χ1) is 8.40. The number of aliphatic hydroxyl groups is 1. The number of alkyl carbamates (subject to hydrolysis) is 1. The monoisotopic (exact) mass is 259 g/mol. The molecular weight excluding hydrogens is 234 g/mol. The van der Waals surface area contributed by atoms with E-state index in [1.54, 1.807) is 0 Å². The number of rotatable bonds is 4. The minimum Gasteiger partial charge on any atom is -0.444 e. The number of amides is 1. The van der Waals surface area contributed by atoms with Gasteiger partial charge in [-0.2, -0.15) is 0 Å². The molecule has 2 N–H and O–H groups in total. The van der Waals surface area contributed by atoms with E-state index >= 15 is 0 Å². The summed E-state index contributed by atoms with van der Waals surface area (Å²) in [5.74, 6) is 0. The van der Waals surface area contributed by atoms with Gasteiger partial charge in [0.15, 0.2) is 0 Å². The van der Waals surface area contributed by atoms with Crippen LogP contribution in [0.15, 0.2) is 0 Å². The van der Waals surface area contributed by atoms with Gasteiger partial charge in [0, 0.05) is 6.61 Å². The molecule has 18 heavy (non-hydrogen) atoms. The standard InChI is InChI=1S/C13H25NO4/c1-13(2,3)18-12(16)14-10(9-15)8-11-6-4-5-7-17-11/h10-11,15H,4-9H2,1-3H3,(H,14,16). The molecule has 0 bridgehead atoms. The summed E-state index contributed by atoms with van der Waals surface area (Å²) in [6.45, 7) is 6.11. The van der Waals surface area contributed by atoms with Gasteiger partial charge < -0.3 is 19.9 Å². The number of hydrogen-bond acceptors (Lipinski definition) is 4. The van der Waals surface area contributed by atoms with Crippen LogP contribution in [0.25, 0.3) is 0 Å². The average molecular weight is 259 g/mol. The van der Waals surface area contributed by atoms with Gasteiger partial charge in [-0.3, -0.25) is 0 Å². The summed E-state index contributed by atoms with van der Waals surface area (Å²) < 4.78 is 10.7. The Bertz CT molecular complexity index is 256. The first-order valence-corrected chi connectivity index (χ1v) is 6.62. The molecule has 2 atom stereocenters. The molecule has 5 heteroatoms. The lowest BCUT2D eigenvalue weighted by molar-refractivity contribution is -0.00102. The highest BCUT2D eigenvalue weighted by molar-refractivity contribution is 5.68. The molecule has 1 aliphatic heterocycles. The molecule has 0 saturated carbocycles. The van der Waals surface area contributed by atoms with Gasteiger partial charge in [-0.15, -0.1) is 0 Å². The van der Waals surface area contributed by atoms with Crippen molar-refractivity contribution in [2.75, 3.05) is 13.2 Å². The number of hydrogen-bond donors (Lipinski definition) is 2. The Morgan fingerprint density at radius 2 is 2.22 bits per heavy atom. The fraction of sp³-hybridized carbons (Fsp3) is 0.923. The van der Waals surface area contributed by atoms with Gasteiger partial charge in [-0.1, -0.05) is 0 Å². The van der Waals surface area contributed by atoms with Gasteiger partial charge in [0.05, 0.1) is 18.8 Å². The van der Waals surface area contributed by atoms with Crippen LogP contribution in [-0.4, -0.2) is 42.2 Å². The SMILES string of the molecule is CC(C)(C)OC(=O)NC(CO)CC1CCCCO1. The summed E-state index contributed by atoms with van der Waals surface area (Å²) >= 11 is 0. The van der Waals surface area contributed by atoms with Gasteiger partial charge >= 0.3 is 6.09 Å². The predicted molar refractivity (Wildman–Crippen MR) is 68.5 cm³/mol. The van der Waals surface area contributed by atoms with Gasteiger partial charge in [0.2, 0.25) is 0 Å². The highest BCUT2D eigenvalue weighted by atomic mass is 16.6. The van der Waals surface area contributed by atoms with Crippen molar-refractivity contribution >= 4 is 6.09 Å². The maximum Gasteiger partial charge on any atom is 0.407 e. The van der Waals surface area contributed by atoms with Crippen LogP contribution in [0.4, 0.5) is 4.79 Å². The molecule has 1 fully saturated rings. The molecule has 0 spiro atoms. The van der Waals surface area contributed by atoms with Crippen molar-refractivity contribution in [3.8, 4) is 0 Å². The summed E-state index contributed by atoms with van der Waals surface area (Å²) in [5, 5.41) is 12.0. The highest BCUT2D eigenvalue weighted by Crippen LogP contribution is 2.17. The summed E-state index contributed by atoms with van der Waals surface area (Å²) in [7, 11) is 0. The molecule has 1 saturated heterocycles. The third kappa shape index (κ3) is 6.21. The van der Waals surface area contributed by atoms with E-state index in [4.69, 9.17) is 9.47 Å². The van der Waals surface area contributed by atoms with E-state index in [1.807, 2.05) is 20.8 Å². The highest BCUT2D eigenvalue weighted by Gasteiger charge is 2.23. The zero-order chi connectivity index (χ0) is 13.6. The maximum absolute atomic E-state index is 11.6. The second-order valence-electron chi connectivity index (χ2n) is 5.75. The molecule has 1 rings (SSSR count). The molecule has 0 aromatic rings. The Labute approximate surface area is 109 Å². The van der Waals surface area contributed by atoms with E-state index in [0.717, 1.165) is 25.9 Å². The normalized spacial score (nSPS) is 22.3. The smallest absolute Gasteiger partial charge is 0.407 e. The van der Waals surface area contributed by atoms with E-state index in [1.165, 1.54) is 0 Å². The summed E-state index contributed by atoms with van der Waals surface area (Å²) in [6, 6.07) is -0.303. The maximum atomic E-state index is 11.6. The van der Waals surface area contributed by atoms with Crippen molar-refractivity contribution in [3.05, 3.63) is 0 Å².